The van der Waals surface area contributed by atoms with E-state index in [1.807, 2.05) is 37.3 Å². The molecule has 5 heteroatoms. The molecule has 22 heavy (non-hydrogen) atoms. The smallest absolute Gasteiger partial charge is 0.212 e. The summed E-state index contributed by atoms with van der Waals surface area (Å²) in [7, 11) is 0. The number of hydrogen-bond donors (Lipinski definition) is 2. The van der Waals surface area contributed by atoms with Gasteiger partial charge in [0, 0.05) is 5.92 Å². The number of fused-ring (bicyclic) bond motifs is 1. The van der Waals surface area contributed by atoms with Gasteiger partial charge in [-0.2, -0.15) is 5.10 Å². The maximum atomic E-state index is 12.3. The number of halogens is 1. The lowest BCUT2D eigenvalue weighted by atomic mass is 9.64. The zero-order valence-electron chi connectivity index (χ0n) is 13.0. The Balaban J connectivity index is 0.00000176. The van der Waals surface area contributed by atoms with Crippen LogP contribution < -0.4 is 17.5 Å². The molecule has 0 unspecified atom stereocenters. The van der Waals surface area contributed by atoms with Gasteiger partial charge in [-0.1, -0.05) is 30.3 Å². The lowest BCUT2D eigenvalue weighted by molar-refractivity contribution is -0.462. The molecule has 118 valence electrons. The molecule has 1 aromatic heterocycles. The molecule has 4 nitrogen and oxygen atoms in total. The number of rotatable bonds is 2. The van der Waals surface area contributed by atoms with E-state index in [0.29, 0.717) is 6.42 Å². The van der Waals surface area contributed by atoms with Gasteiger partial charge < -0.3 is 17.5 Å². The molecule has 1 heterocycles. The molecule has 1 aromatic carbocycles. The topological polar surface area (TPSA) is 67.2 Å². The summed E-state index contributed by atoms with van der Waals surface area (Å²) in [5.74, 6) is -0.527. The molecule has 0 amide bonds. The van der Waals surface area contributed by atoms with Gasteiger partial charge in [0.25, 0.3) is 0 Å². The fourth-order valence-corrected chi connectivity index (χ4v) is 3.78. The number of carbonyl (C=O) groups excluding carboxylic acids is 1. The largest absolute Gasteiger partial charge is 1.00 e. The lowest BCUT2D eigenvalue weighted by Gasteiger charge is -2.39. The molecule has 0 bridgehead atoms. The molecule has 0 aliphatic heterocycles. The number of aliphatic hydroxyl groups is 1. The highest BCUT2D eigenvalue weighted by molar-refractivity contribution is 5.82. The number of H-pyrrole nitrogens is 2. The second-order valence-electron chi connectivity index (χ2n) is 6.28. The van der Waals surface area contributed by atoms with Crippen molar-refractivity contribution >= 4 is 5.78 Å². The lowest BCUT2D eigenvalue weighted by Crippen LogP contribution is -3.00. The summed E-state index contributed by atoms with van der Waals surface area (Å²) < 4.78 is 0. The standard InChI is InChI=1S/C17H20N2O2.ClH/c1-10-14-13(19-18-10)9-17(3,21)16(11(2)20)15(14)12-7-5-4-6-8-12;/h4-8,15-16,21H,9H2,1-3H3,(H,18,19);1H/t15-,16+,17-;/m1./s1. The minimum atomic E-state index is -1.05. The van der Waals surface area contributed by atoms with Crippen LogP contribution in [0.2, 0.25) is 0 Å². The summed E-state index contributed by atoms with van der Waals surface area (Å²) in [6.45, 7) is 5.34. The van der Waals surface area contributed by atoms with Crippen LogP contribution in [-0.2, 0) is 11.2 Å². The minimum absolute atomic E-state index is 0. The Morgan fingerprint density at radius 3 is 2.59 bits per heavy atom. The Kier molecular flexibility index (Phi) is 4.45. The third-order valence-electron chi connectivity index (χ3n) is 4.58. The van der Waals surface area contributed by atoms with Crippen molar-refractivity contribution in [1.29, 1.82) is 0 Å². The zero-order valence-corrected chi connectivity index (χ0v) is 13.7. The van der Waals surface area contributed by atoms with Crippen LogP contribution in [0.1, 0.15) is 42.3 Å². The van der Waals surface area contributed by atoms with E-state index in [4.69, 9.17) is 0 Å². The quantitative estimate of drug-likeness (QED) is 0.729. The van der Waals surface area contributed by atoms with E-state index >= 15 is 0 Å². The van der Waals surface area contributed by atoms with Crippen molar-refractivity contribution in [2.45, 2.75) is 38.7 Å². The van der Waals surface area contributed by atoms with Crippen molar-refractivity contribution in [3.05, 3.63) is 52.8 Å². The van der Waals surface area contributed by atoms with Crippen molar-refractivity contribution in [2.24, 2.45) is 5.92 Å². The molecule has 2 aromatic rings. The number of hydrogen-bond acceptors (Lipinski definition) is 2. The molecule has 0 saturated carbocycles. The van der Waals surface area contributed by atoms with Gasteiger partial charge in [-0.25, -0.2) is 0 Å². The molecular weight excluding hydrogens is 300 g/mol. The van der Waals surface area contributed by atoms with E-state index in [1.165, 1.54) is 0 Å². The second-order valence-corrected chi connectivity index (χ2v) is 6.28. The van der Waals surface area contributed by atoms with Crippen molar-refractivity contribution < 1.29 is 27.4 Å². The van der Waals surface area contributed by atoms with Crippen LogP contribution >= 0.6 is 0 Å². The van der Waals surface area contributed by atoms with Crippen LogP contribution in [0.5, 0.6) is 0 Å². The highest BCUT2D eigenvalue weighted by Crippen LogP contribution is 2.45. The summed E-state index contributed by atoms with van der Waals surface area (Å²) in [6, 6.07) is 9.96. The highest BCUT2D eigenvalue weighted by atomic mass is 35.5. The molecular formula is C17H21ClN2O2. The normalized spacial score (nSPS) is 26.9. The van der Waals surface area contributed by atoms with Gasteiger partial charge in [-0.15, -0.1) is 5.10 Å². The number of Topliss-reactive ketones (excluding diaryl/α,β-unsaturated/α-hetero) is 1. The highest BCUT2D eigenvalue weighted by Gasteiger charge is 2.50. The molecule has 3 rings (SSSR count). The van der Waals surface area contributed by atoms with Gasteiger partial charge in [-0.3, -0.25) is 4.79 Å². The summed E-state index contributed by atoms with van der Waals surface area (Å²) in [5.41, 5.74) is 3.15. The Morgan fingerprint density at radius 2 is 2.00 bits per heavy atom. The van der Waals surface area contributed by atoms with Gasteiger partial charge in [0.05, 0.1) is 29.2 Å². The Labute approximate surface area is 136 Å². The molecule has 0 saturated heterocycles. The SMILES string of the molecule is CC(=O)[C@H]1[C@H](c2ccccc2)c2c(C)[nH][nH+]c2C[C@@]1(C)O.[Cl-]. The van der Waals surface area contributed by atoms with Crippen molar-refractivity contribution in [3.63, 3.8) is 0 Å². The molecule has 3 atom stereocenters. The Bertz CT molecular complexity index is 679. The summed E-state index contributed by atoms with van der Waals surface area (Å²) in [4.78, 5) is 12.3. The predicted octanol–water partition coefficient (Wildman–Crippen LogP) is -1.21. The summed E-state index contributed by atoms with van der Waals surface area (Å²) in [6.07, 6.45) is 0.459. The Hall–Kier alpha value is -1.65. The maximum absolute atomic E-state index is 12.3. The van der Waals surface area contributed by atoms with Crippen LogP contribution in [0.3, 0.4) is 0 Å². The minimum Gasteiger partial charge on any atom is -1.00 e. The van der Waals surface area contributed by atoms with Crippen LogP contribution in [0, 0.1) is 12.8 Å². The maximum Gasteiger partial charge on any atom is 0.212 e. The number of nitrogens with one attached hydrogen (secondary N) is 2. The van der Waals surface area contributed by atoms with E-state index in [1.54, 1.807) is 13.8 Å². The van der Waals surface area contributed by atoms with E-state index < -0.39 is 11.5 Å². The number of carbonyl (C=O) groups is 1. The monoisotopic (exact) mass is 320 g/mol. The fourth-order valence-electron chi connectivity index (χ4n) is 3.78. The van der Waals surface area contributed by atoms with Gasteiger partial charge in [0.15, 0.2) is 0 Å². The molecule has 0 fully saturated rings. The number of benzene rings is 1. The van der Waals surface area contributed by atoms with Gasteiger partial charge in [-0.05, 0) is 26.3 Å². The van der Waals surface area contributed by atoms with Gasteiger partial charge in [0.2, 0.25) is 5.69 Å². The first-order valence-corrected chi connectivity index (χ1v) is 7.28. The second kappa shape index (κ2) is 5.86. The fraction of sp³-hybridized carbons (Fsp3) is 0.412. The van der Waals surface area contributed by atoms with E-state index in [9.17, 15) is 9.90 Å². The number of aromatic nitrogens is 2. The van der Waals surface area contributed by atoms with E-state index in [-0.39, 0.29) is 24.1 Å². The molecule has 1 aliphatic rings. The van der Waals surface area contributed by atoms with Crippen molar-refractivity contribution in [3.8, 4) is 0 Å². The zero-order chi connectivity index (χ0) is 15.2. The predicted molar refractivity (Wildman–Crippen MR) is 78.9 cm³/mol. The summed E-state index contributed by atoms with van der Waals surface area (Å²) >= 11 is 0. The number of aromatic amines is 2. The van der Waals surface area contributed by atoms with Gasteiger partial charge in [0.1, 0.15) is 5.78 Å². The average Bonchev–Trinajstić information content (AvgIpc) is 2.77. The third-order valence-corrected chi connectivity index (χ3v) is 4.58. The van der Waals surface area contributed by atoms with E-state index in [0.717, 1.165) is 22.5 Å². The first-order chi connectivity index (χ1) is 9.92. The van der Waals surface area contributed by atoms with Crippen LogP contribution in [0.4, 0.5) is 0 Å². The van der Waals surface area contributed by atoms with Crippen molar-refractivity contribution in [1.82, 2.24) is 5.10 Å². The van der Waals surface area contributed by atoms with Crippen LogP contribution in [-0.4, -0.2) is 21.6 Å². The average molecular weight is 321 g/mol. The molecule has 1 aliphatic carbocycles. The Morgan fingerprint density at radius 1 is 1.36 bits per heavy atom. The van der Waals surface area contributed by atoms with Crippen LogP contribution in [0.15, 0.2) is 30.3 Å². The number of aryl methyl sites for hydroxylation is 1. The van der Waals surface area contributed by atoms with Crippen molar-refractivity contribution in [2.75, 3.05) is 0 Å². The first-order valence-electron chi connectivity index (χ1n) is 7.28. The number of ketones is 1. The molecule has 0 radical (unpaired) electrons. The molecule has 3 N–H and O–H groups in total. The van der Waals surface area contributed by atoms with E-state index in [2.05, 4.69) is 10.2 Å². The molecule has 0 spiro atoms. The third kappa shape index (κ3) is 2.57. The first kappa shape index (κ1) is 16.7. The van der Waals surface area contributed by atoms with Gasteiger partial charge >= 0.3 is 0 Å². The summed E-state index contributed by atoms with van der Waals surface area (Å²) in [5, 5.41) is 17.1. The van der Waals surface area contributed by atoms with Crippen LogP contribution in [0.25, 0.3) is 0 Å².